The van der Waals surface area contributed by atoms with E-state index < -0.39 is 29.1 Å². The van der Waals surface area contributed by atoms with Gasteiger partial charge in [0.05, 0.1) is 16.2 Å². The van der Waals surface area contributed by atoms with Crippen LogP contribution in [0.1, 0.15) is 26.3 Å². The third-order valence-electron chi connectivity index (χ3n) is 4.19. The normalized spacial score (nSPS) is 10.2. The van der Waals surface area contributed by atoms with E-state index in [2.05, 4.69) is 5.32 Å². The van der Waals surface area contributed by atoms with E-state index in [1.54, 1.807) is 54.6 Å². The third-order valence-corrected chi connectivity index (χ3v) is 4.51. The third kappa shape index (κ3) is 5.31. The lowest BCUT2D eigenvalue weighted by molar-refractivity contribution is -0.384. The zero-order valence-corrected chi connectivity index (χ0v) is 16.7. The van der Waals surface area contributed by atoms with Crippen LogP contribution in [0.2, 0.25) is 5.02 Å². The van der Waals surface area contributed by atoms with Gasteiger partial charge < -0.3 is 10.1 Å². The lowest BCUT2D eigenvalue weighted by atomic mass is 10.0. The van der Waals surface area contributed by atoms with Crippen molar-refractivity contribution < 1.29 is 24.0 Å². The standard InChI is InChI=1S/C22H15ClN2O6/c23-17-11-10-15(12-19(17)25(29)30)22(28)31-13-20(26)24-18-9-5-4-8-16(18)21(27)14-6-2-1-3-7-14/h1-12H,13H2,(H,24,26). The largest absolute Gasteiger partial charge is 0.452 e. The van der Waals surface area contributed by atoms with Gasteiger partial charge >= 0.3 is 5.97 Å². The number of carbonyl (C=O) groups excluding carboxylic acids is 3. The molecule has 0 atom stereocenters. The molecule has 0 heterocycles. The summed E-state index contributed by atoms with van der Waals surface area (Å²) in [7, 11) is 0. The smallest absolute Gasteiger partial charge is 0.338 e. The number of nitrogens with one attached hydrogen (secondary N) is 1. The van der Waals surface area contributed by atoms with E-state index in [1.807, 2.05) is 0 Å². The molecule has 0 unspecified atom stereocenters. The van der Waals surface area contributed by atoms with Crippen molar-refractivity contribution in [2.75, 3.05) is 11.9 Å². The first-order valence-electron chi connectivity index (χ1n) is 8.96. The molecule has 156 valence electrons. The Morgan fingerprint density at radius 1 is 0.935 bits per heavy atom. The lowest BCUT2D eigenvalue weighted by Gasteiger charge is -2.11. The number of hydrogen-bond donors (Lipinski definition) is 1. The van der Waals surface area contributed by atoms with Crippen LogP contribution in [-0.4, -0.2) is 29.2 Å². The number of ketones is 1. The van der Waals surface area contributed by atoms with Gasteiger partial charge in [-0.05, 0) is 24.3 Å². The molecule has 0 fully saturated rings. The summed E-state index contributed by atoms with van der Waals surface area (Å²) in [5.41, 5.74) is 0.429. The average molecular weight is 439 g/mol. The van der Waals surface area contributed by atoms with Crippen LogP contribution in [0.3, 0.4) is 0 Å². The van der Waals surface area contributed by atoms with Crippen LogP contribution in [0, 0.1) is 10.1 Å². The van der Waals surface area contributed by atoms with Crippen molar-refractivity contribution in [3.8, 4) is 0 Å². The molecule has 0 saturated carbocycles. The molecular formula is C22H15ClN2O6. The molecule has 0 aromatic heterocycles. The SMILES string of the molecule is O=C(COC(=O)c1ccc(Cl)c([N+](=O)[O-])c1)Nc1ccccc1C(=O)c1ccccc1. The zero-order chi connectivity index (χ0) is 22.4. The van der Waals surface area contributed by atoms with Gasteiger partial charge in [-0.2, -0.15) is 0 Å². The highest BCUT2D eigenvalue weighted by molar-refractivity contribution is 6.32. The summed E-state index contributed by atoms with van der Waals surface area (Å²) in [6, 6.07) is 18.4. The Labute approximate surface area is 181 Å². The van der Waals surface area contributed by atoms with Crippen molar-refractivity contribution in [2.24, 2.45) is 0 Å². The number of halogens is 1. The predicted octanol–water partition coefficient (Wildman–Crippen LogP) is 4.27. The number of benzene rings is 3. The van der Waals surface area contributed by atoms with E-state index in [0.29, 0.717) is 5.56 Å². The maximum atomic E-state index is 12.7. The van der Waals surface area contributed by atoms with Crippen molar-refractivity contribution in [3.63, 3.8) is 0 Å². The topological polar surface area (TPSA) is 116 Å². The minimum atomic E-state index is -0.927. The molecule has 0 aliphatic rings. The predicted molar refractivity (Wildman–Crippen MR) is 113 cm³/mol. The van der Waals surface area contributed by atoms with Gasteiger partial charge in [-0.15, -0.1) is 0 Å². The van der Waals surface area contributed by atoms with E-state index >= 15 is 0 Å². The van der Waals surface area contributed by atoms with Gasteiger partial charge in [0.25, 0.3) is 11.6 Å². The molecule has 3 aromatic rings. The molecule has 0 spiro atoms. The molecule has 31 heavy (non-hydrogen) atoms. The van der Waals surface area contributed by atoms with Gasteiger partial charge in [-0.3, -0.25) is 19.7 Å². The molecule has 9 heteroatoms. The first-order valence-corrected chi connectivity index (χ1v) is 9.34. The van der Waals surface area contributed by atoms with Crippen LogP contribution in [-0.2, 0) is 9.53 Å². The second-order valence-electron chi connectivity index (χ2n) is 6.29. The average Bonchev–Trinajstić information content (AvgIpc) is 2.78. The summed E-state index contributed by atoms with van der Waals surface area (Å²) in [5, 5.41) is 13.3. The molecule has 1 N–H and O–H groups in total. The Bertz CT molecular complexity index is 1160. The monoisotopic (exact) mass is 438 g/mol. The minimum Gasteiger partial charge on any atom is -0.452 e. The lowest BCUT2D eigenvalue weighted by Crippen LogP contribution is -2.22. The van der Waals surface area contributed by atoms with E-state index in [0.717, 1.165) is 6.07 Å². The van der Waals surface area contributed by atoms with E-state index in [4.69, 9.17) is 16.3 Å². The summed E-state index contributed by atoms with van der Waals surface area (Å²) in [4.78, 5) is 47.3. The van der Waals surface area contributed by atoms with Gasteiger partial charge in [0.15, 0.2) is 12.4 Å². The second kappa shape index (κ2) is 9.64. The maximum absolute atomic E-state index is 12.7. The molecular weight excluding hydrogens is 424 g/mol. The molecule has 0 aliphatic carbocycles. The fourth-order valence-corrected chi connectivity index (χ4v) is 2.90. The van der Waals surface area contributed by atoms with Crippen LogP contribution >= 0.6 is 11.6 Å². The summed E-state index contributed by atoms with van der Waals surface area (Å²) in [5.74, 6) is -1.88. The fraction of sp³-hybridized carbons (Fsp3) is 0.0455. The first kappa shape index (κ1) is 21.7. The molecule has 0 radical (unpaired) electrons. The maximum Gasteiger partial charge on any atom is 0.338 e. The van der Waals surface area contributed by atoms with Crippen molar-refractivity contribution in [1.29, 1.82) is 0 Å². The van der Waals surface area contributed by atoms with Crippen molar-refractivity contribution in [2.45, 2.75) is 0 Å². The summed E-state index contributed by atoms with van der Waals surface area (Å²) in [6.07, 6.45) is 0. The summed E-state index contributed by atoms with van der Waals surface area (Å²) < 4.78 is 4.92. The van der Waals surface area contributed by atoms with Gasteiger partial charge in [-0.1, -0.05) is 54.1 Å². The first-order chi connectivity index (χ1) is 14.9. The number of hydrogen-bond acceptors (Lipinski definition) is 6. The van der Waals surface area contributed by atoms with Crippen molar-refractivity contribution in [3.05, 3.63) is 105 Å². The minimum absolute atomic E-state index is 0.122. The van der Waals surface area contributed by atoms with Gasteiger partial charge in [-0.25, -0.2) is 4.79 Å². The molecule has 0 aliphatic heterocycles. The highest BCUT2D eigenvalue weighted by Crippen LogP contribution is 2.25. The number of esters is 1. The van der Waals surface area contributed by atoms with Gasteiger partial charge in [0, 0.05) is 17.2 Å². The number of rotatable bonds is 7. The van der Waals surface area contributed by atoms with Gasteiger partial charge in [0.1, 0.15) is 5.02 Å². The number of carbonyl (C=O) groups is 3. The van der Waals surface area contributed by atoms with Crippen LogP contribution in [0.25, 0.3) is 0 Å². The van der Waals surface area contributed by atoms with Crippen LogP contribution in [0.4, 0.5) is 11.4 Å². The molecule has 0 saturated heterocycles. The van der Waals surface area contributed by atoms with Crippen LogP contribution in [0.15, 0.2) is 72.8 Å². The number of ether oxygens (including phenoxy) is 1. The number of anilines is 1. The Morgan fingerprint density at radius 3 is 2.32 bits per heavy atom. The molecule has 1 amide bonds. The number of amides is 1. The second-order valence-corrected chi connectivity index (χ2v) is 6.70. The number of nitrogens with zero attached hydrogens (tertiary/aromatic N) is 1. The summed E-state index contributed by atoms with van der Waals surface area (Å²) >= 11 is 5.71. The van der Waals surface area contributed by atoms with Crippen LogP contribution in [0.5, 0.6) is 0 Å². The quantitative estimate of drug-likeness (QED) is 0.255. The number of nitro benzene ring substituents is 1. The number of nitro groups is 1. The highest BCUT2D eigenvalue weighted by atomic mass is 35.5. The Kier molecular flexibility index (Phi) is 6.74. The molecule has 8 nitrogen and oxygen atoms in total. The Morgan fingerprint density at radius 2 is 1.61 bits per heavy atom. The van der Waals surface area contributed by atoms with Gasteiger partial charge in [0.2, 0.25) is 0 Å². The van der Waals surface area contributed by atoms with E-state index in [1.165, 1.54) is 12.1 Å². The molecule has 3 aromatic carbocycles. The zero-order valence-electron chi connectivity index (χ0n) is 15.9. The number of para-hydroxylation sites is 1. The highest BCUT2D eigenvalue weighted by Gasteiger charge is 2.19. The van der Waals surface area contributed by atoms with Crippen molar-refractivity contribution in [1.82, 2.24) is 0 Å². The fourth-order valence-electron chi connectivity index (χ4n) is 2.72. The van der Waals surface area contributed by atoms with E-state index in [9.17, 15) is 24.5 Å². The van der Waals surface area contributed by atoms with Crippen LogP contribution < -0.4 is 5.32 Å². The molecule has 0 bridgehead atoms. The molecule has 3 rings (SSSR count). The van der Waals surface area contributed by atoms with Crippen molar-refractivity contribution >= 4 is 40.6 Å². The summed E-state index contributed by atoms with van der Waals surface area (Å²) in [6.45, 7) is -0.650. The van der Waals surface area contributed by atoms with E-state index in [-0.39, 0.29) is 27.6 Å². The Balaban J connectivity index is 1.67. The Hall–Kier alpha value is -4.04.